The Labute approximate surface area is 89.7 Å². The van der Waals surface area contributed by atoms with Crippen LogP contribution in [0.5, 0.6) is 0 Å². The Morgan fingerprint density at radius 3 is 2.60 bits per heavy atom. The minimum absolute atomic E-state index is 0.494. The molecular weight excluding hydrogens is 190 g/mol. The predicted octanol–water partition coefficient (Wildman–Crippen LogP) is 1.69. The van der Waals surface area contributed by atoms with Crippen LogP contribution >= 0.6 is 0 Å². The van der Waals surface area contributed by atoms with Gasteiger partial charge >= 0.3 is 0 Å². The van der Waals surface area contributed by atoms with E-state index in [1.54, 1.807) is 0 Å². The van der Waals surface area contributed by atoms with Gasteiger partial charge in [-0.1, -0.05) is 13.0 Å². The molecule has 0 amide bonds. The second-order valence-electron chi connectivity index (χ2n) is 3.17. The molecule has 0 aromatic carbocycles. The number of hydrogen-bond donors (Lipinski definition) is 0. The van der Waals surface area contributed by atoms with E-state index in [1.165, 1.54) is 12.4 Å². The maximum absolute atomic E-state index is 10.4. The molecule has 0 spiro atoms. The second kappa shape index (κ2) is 5.90. The van der Waals surface area contributed by atoms with E-state index in [1.807, 2.05) is 11.0 Å². The molecule has 0 aliphatic carbocycles. The summed E-state index contributed by atoms with van der Waals surface area (Å²) < 4.78 is 0. The number of anilines is 1. The Morgan fingerprint density at radius 1 is 1.47 bits per heavy atom. The molecule has 1 aromatic rings. The van der Waals surface area contributed by atoms with Gasteiger partial charge in [-0.2, -0.15) is 0 Å². The Balaban J connectivity index is 2.80. The summed E-state index contributed by atoms with van der Waals surface area (Å²) in [6.07, 6.45) is 6.63. The first kappa shape index (κ1) is 11.4. The van der Waals surface area contributed by atoms with Crippen LogP contribution in [-0.2, 0) is 0 Å². The van der Waals surface area contributed by atoms with Gasteiger partial charge in [-0.05, 0) is 6.42 Å². The van der Waals surface area contributed by atoms with Crippen LogP contribution in [0.4, 0.5) is 5.95 Å². The molecule has 0 fully saturated rings. The van der Waals surface area contributed by atoms with Gasteiger partial charge in [0.25, 0.3) is 0 Å². The topological polar surface area (TPSA) is 46.1 Å². The fraction of sp³-hybridized carbons (Fsp3) is 0.364. The van der Waals surface area contributed by atoms with Crippen LogP contribution < -0.4 is 4.90 Å². The van der Waals surface area contributed by atoms with Crippen molar-refractivity contribution in [1.29, 1.82) is 0 Å². The third-order valence-corrected chi connectivity index (χ3v) is 1.92. The minimum Gasteiger partial charge on any atom is -0.337 e. The Hall–Kier alpha value is -1.71. The molecule has 0 atom stereocenters. The monoisotopic (exact) mass is 205 g/mol. The van der Waals surface area contributed by atoms with Gasteiger partial charge in [0.15, 0.2) is 6.29 Å². The van der Waals surface area contributed by atoms with Gasteiger partial charge in [-0.3, -0.25) is 4.79 Å². The summed E-state index contributed by atoms with van der Waals surface area (Å²) in [5.41, 5.74) is 0.494. The summed E-state index contributed by atoms with van der Waals surface area (Å²) in [5, 5.41) is 0. The Kier molecular flexibility index (Phi) is 4.47. The summed E-state index contributed by atoms with van der Waals surface area (Å²) in [4.78, 5) is 20.7. The highest BCUT2D eigenvalue weighted by atomic mass is 16.1. The molecule has 0 saturated heterocycles. The van der Waals surface area contributed by atoms with Crippen LogP contribution in [0, 0.1) is 0 Å². The number of hydrogen-bond acceptors (Lipinski definition) is 4. The van der Waals surface area contributed by atoms with Gasteiger partial charge in [-0.25, -0.2) is 9.97 Å². The predicted molar refractivity (Wildman–Crippen MR) is 60.1 cm³/mol. The molecule has 4 nitrogen and oxygen atoms in total. The molecule has 15 heavy (non-hydrogen) atoms. The molecule has 1 aromatic heterocycles. The maximum atomic E-state index is 10.4. The van der Waals surface area contributed by atoms with Crippen LogP contribution in [0.3, 0.4) is 0 Å². The molecule has 0 aliphatic rings. The van der Waals surface area contributed by atoms with Crippen LogP contribution in [0.15, 0.2) is 25.0 Å². The van der Waals surface area contributed by atoms with Crippen molar-refractivity contribution in [2.75, 3.05) is 18.0 Å². The molecule has 80 valence electrons. The Bertz CT molecular complexity index is 321. The quantitative estimate of drug-likeness (QED) is 0.523. The zero-order valence-electron chi connectivity index (χ0n) is 8.89. The van der Waals surface area contributed by atoms with Gasteiger partial charge in [0.2, 0.25) is 5.95 Å². The molecule has 0 saturated carbocycles. The molecule has 1 heterocycles. The largest absolute Gasteiger partial charge is 0.337 e. The highest BCUT2D eigenvalue weighted by Gasteiger charge is 2.05. The van der Waals surface area contributed by atoms with Crippen molar-refractivity contribution in [3.8, 4) is 0 Å². The number of nitrogens with zero attached hydrogens (tertiary/aromatic N) is 3. The lowest BCUT2D eigenvalue weighted by Gasteiger charge is -2.19. The first-order chi connectivity index (χ1) is 7.31. The van der Waals surface area contributed by atoms with Crippen molar-refractivity contribution < 1.29 is 4.79 Å². The highest BCUT2D eigenvalue weighted by Crippen LogP contribution is 2.06. The zero-order chi connectivity index (χ0) is 11.1. The summed E-state index contributed by atoms with van der Waals surface area (Å²) in [7, 11) is 0. The van der Waals surface area contributed by atoms with Crippen LogP contribution in [-0.4, -0.2) is 29.3 Å². The van der Waals surface area contributed by atoms with Gasteiger partial charge in [0.05, 0.1) is 5.56 Å². The zero-order valence-corrected chi connectivity index (χ0v) is 8.89. The van der Waals surface area contributed by atoms with E-state index >= 15 is 0 Å². The van der Waals surface area contributed by atoms with Gasteiger partial charge in [-0.15, -0.1) is 6.58 Å². The lowest BCUT2D eigenvalue weighted by atomic mass is 10.4. The summed E-state index contributed by atoms with van der Waals surface area (Å²) >= 11 is 0. The number of carbonyl (C=O) groups is 1. The van der Waals surface area contributed by atoms with E-state index in [2.05, 4.69) is 23.5 Å². The number of aromatic nitrogens is 2. The number of carbonyl (C=O) groups excluding carboxylic acids is 1. The van der Waals surface area contributed by atoms with E-state index in [9.17, 15) is 4.79 Å². The molecule has 0 bridgehead atoms. The maximum Gasteiger partial charge on any atom is 0.225 e. The van der Waals surface area contributed by atoms with Crippen molar-refractivity contribution >= 4 is 12.2 Å². The van der Waals surface area contributed by atoms with Gasteiger partial charge < -0.3 is 4.90 Å². The molecular formula is C11H15N3O. The Morgan fingerprint density at radius 2 is 2.13 bits per heavy atom. The van der Waals surface area contributed by atoms with Crippen molar-refractivity contribution in [3.63, 3.8) is 0 Å². The fourth-order valence-corrected chi connectivity index (χ4v) is 1.25. The van der Waals surface area contributed by atoms with Crippen molar-refractivity contribution in [2.45, 2.75) is 13.3 Å². The van der Waals surface area contributed by atoms with Gasteiger partial charge in [0.1, 0.15) is 0 Å². The summed E-state index contributed by atoms with van der Waals surface area (Å²) in [6.45, 7) is 7.38. The molecule has 1 rings (SSSR count). The van der Waals surface area contributed by atoms with Crippen LogP contribution in [0.2, 0.25) is 0 Å². The normalized spacial score (nSPS) is 9.67. The molecule has 0 unspecified atom stereocenters. The molecule has 4 heteroatoms. The van der Waals surface area contributed by atoms with Gasteiger partial charge in [0, 0.05) is 25.5 Å². The SMILES string of the molecule is C=CCN(CCC)c1ncc(C=O)cn1. The second-order valence-corrected chi connectivity index (χ2v) is 3.17. The third kappa shape index (κ3) is 3.16. The van der Waals surface area contributed by atoms with E-state index in [0.29, 0.717) is 18.1 Å². The van der Waals surface area contributed by atoms with Crippen molar-refractivity contribution in [2.24, 2.45) is 0 Å². The molecule has 0 aliphatic heterocycles. The first-order valence-electron chi connectivity index (χ1n) is 4.95. The van der Waals surface area contributed by atoms with Crippen molar-refractivity contribution in [3.05, 3.63) is 30.6 Å². The van der Waals surface area contributed by atoms with E-state index in [4.69, 9.17) is 0 Å². The standard InChI is InChI=1S/C11H15N3O/c1-3-5-14(6-4-2)11-12-7-10(9-15)8-13-11/h3,7-9H,1,4-6H2,2H3. The number of aldehydes is 1. The van der Waals surface area contributed by atoms with E-state index in [0.717, 1.165) is 19.3 Å². The smallest absolute Gasteiger partial charge is 0.225 e. The number of rotatable bonds is 6. The van der Waals surface area contributed by atoms with E-state index in [-0.39, 0.29) is 0 Å². The molecule has 0 N–H and O–H groups in total. The average Bonchev–Trinajstić information content (AvgIpc) is 2.29. The lowest BCUT2D eigenvalue weighted by Crippen LogP contribution is -2.26. The first-order valence-corrected chi connectivity index (χ1v) is 4.95. The molecule has 0 radical (unpaired) electrons. The van der Waals surface area contributed by atoms with Crippen molar-refractivity contribution in [1.82, 2.24) is 9.97 Å². The summed E-state index contributed by atoms with van der Waals surface area (Å²) in [6, 6.07) is 0. The highest BCUT2D eigenvalue weighted by molar-refractivity contribution is 5.73. The van der Waals surface area contributed by atoms with Crippen LogP contribution in [0.25, 0.3) is 0 Å². The third-order valence-electron chi connectivity index (χ3n) is 1.92. The average molecular weight is 205 g/mol. The fourth-order valence-electron chi connectivity index (χ4n) is 1.25. The van der Waals surface area contributed by atoms with E-state index < -0.39 is 0 Å². The minimum atomic E-state index is 0.494. The summed E-state index contributed by atoms with van der Waals surface area (Å²) in [5.74, 6) is 0.641. The van der Waals surface area contributed by atoms with Crippen LogP contribution in [0.1, 0.15) is 23.7 Å². The lowest BCUT2D eigenvalue weighted by molar-refractivity contribution is 0.112.